The fraction of sp³-hybridized carbons (Fsp3) is 0.333. The lowest BCUT2D eigenvalue weighted by molar-refractivity contribution is -0.132. The fourth-order valence-electron chi connectivity index (χ4n) is 2.55. The molecule has 7 heteroatoms. The Bertz CT molecular complexity index is 715. The third-order valence-electron chi connectivity index (χ3n) is 3.70. The smallest absolute Gasteiger partial charge is 0.225 e. The summed E-state index contributed by atoms with van der Waals surface area (Å²) in [5.41, 5.74) is 1.51. The first-order valence-electron chi connectivity index (χ1n) is 6.91. The van der Waals surface area contributed by atoms with Gasteiger partial charge in [-0.25, -0.2) is 8.78 Å². The molecule has 0 aliphatic carbocycles. The van der Waals surface area contributed by atoms with Crippen LogP contribution in [0.2, 0.25) is 0 Å². The highest BCUT2D eigenvalue weighted by molar-refractivity contribution is 5.77. The number of fused-ring (bicyclic) bond motifs is 1. The van der Waals surface area contributed by atoms with Crippen LogP contribution in [-0.4, -0.2) is 34.2 Å². The van der Waals surface area contributed by atoms with Gasteiger partial charge in [0.15, 0.2) is 11.6 Å². The number of aromatic nitrogens is 1. The average molecular weight is 308 g/mol. The van der Waals surface area contributed by atoms with E-state index >= 15 is 0 Å². The third-order valence-corrected chi connectivity index (χ3v) is 3.70. The predicted octanol–water partition coefficient (Wildman–Crippen LogP) is 1.89. The molecular weight excluding hydrogens is 294 g/mol. The maximum atomic E-state index is 13.4. The summed E-state index contributed by atoms with van der Waals surface area (Å²) in [7, 11) is 0. The van der Waals surface area contributed by atoms with Crippen molar-refractivity contribution in [2.45, 2.75) is 19.4 Å². The van der Waals surface area contributed by atoms with Crippen LogP contribution in [0.3, 0.4) is 0 Å². The van der Waals surface area contributed by atoms with E-state index in [-0.39, 0.29) is 25.5 Å². The first kappa shape index (κ1) is 14.6. The fourth-order valence-corrected chi connectivity index (χ4v) is 2.55. The number of halogens is 2. The Balaban J connectivity index is 1.92. The lowest BCUT2D eigenvalue weighted by Gasteiger charge is -2.26. The number of aliphatic hydroxyl groups is 1. The number of carbonyl (C=O) groups excluding carboxylic acids is 1. The standard InChI is InChI=1S/C15H14F2N2O3/c16-11-2-1-9(7-12(11)17)15-10-8-19(14(21)4-6-20)5-3-13(10)22-18-15/h1-2,7,20H,3-6,8H2. The number of rotatable bonds is 3. The first-order valence-corrected chi connectivity index (χ1v) is 6.91. The van der Waals surface area contributed by atoms with Crippen molar-refractivity contribution in [2.75, 3.05) is 13.2 Å². The van der Waals surface area contributed by atoms with E-state index in [1.54, 1.807) is 4.90 Å². The van der Waals surface area contributed by atoms with Gasteiger partial charge in [0, 0.05) is 30.5 Å². The van der Waals surface area contributed by atoms with Crippen LogP contribution in [-0.2, 0) is 17.8 Å². The summed E-state index contributed by atoms with van der Waals surface area (Å²) in [5, 5.41) is 12.8. The monoisotopic (exact) mass is 308 g/mol. The molecule has 0 unspecified atom stereocenters. The van der Waals surface area contributed by atoms with Gasteiger partial charge >= 0.3 is 0 Å². The Labute approximate surface area is 125 Å². The molecule has 1 amide bonds. The van der Waals surface area contributed by atoms with Crippen molar-refractivity contribution in [1.82, 2.24) is 10.1 Å². The summed E-state index contributed by atoms with van der Waals surface area (Å²) < 4.78 is 31.7. The van der Waals surface area contributed by atoms with Crippen LogP contribution >= 0.6 is 0 Å². The van der Waals surface area contributed by atoms with E-state index in [1.165, 1.54) is 6.07 Å². The van der Waals surface area contributed by atoms with Crippen LogP contribution in [0.5, 0.6) is 0 Å². The summed E-state index contributed by atoms with van der Waals surface area (Å²) in [4.78, 5) is 13.5. The average Bonchev–Trinajstić information content (AvgIpc) is 2.93. The number of hydrogen-bond acceptors (Lipinski definition) is 4. The maximum absolute atomic E-state index is 13.4. The van der Waals surface area contributed by atoms with Gasteiger partial charge in [0.05, 0.1) is 13.2 Å². The van der Waals surface area contributed by atoms with Gasteiger partial charge in [0.1, 0.15) is 11.5 Å². The molecule has 5 nitrogen and oxygen atoms in total. The highest BCUT2D eigenvalue weighted by Gasteiger charge is 2.27. The molecule has 0 bridgehead atoms. The summed E-state index contributed by atoms with van der Waals surface area (Å²) in [5.74, 6) is -1.41. The molecule has 3 rings (SSSR count). The van der Waals surface area contributed by atoms with Crippen molar-refractivity contribution in [3.05, 3.63) is 41.2 Å². The van der Waals surface area contributed by atoms with Crippen LogP contribution in [0.25, 0.3) is 11.3 Å². The Morgan fingerprint density at radius 2 is 2.18 bits per heavy atom. The van der Waals surface area contributed by atoms with E-state index in [0.717, 1.165) is 12.1 Å². The molecule has 1 aromatic heterocycles. The van der Waals surface area contributed by atoms with E-state index in [1.807, 2.05) is 0 Å². The minimum absolute atomic E-state index is 0.0567. The minimum atomic E-state index is -0.960. The van der Waals surface area contributed by atoms with Crippen LogP contribution < -0.4 is 0 Å². The zero-order chi connectivity index (χ0) is 15.7. The van der Waals surface area contributed by atoms with E-state index in [2.05, 4.69) is 5.16 Å². The van der Waals surface area contributed by atoms with E-state index in [4.69, 9.17) is 9.63 Å². The third kappa shape index (κ3) is 2.59. The number of nitrogens with zero attached hydrogens (tertiary/aromatic N) is 2. The zero-order valence-corrected chi connectivity index (χ0v) is 11.7. The highest BCUT2D eigenvalue weighted by Crippen LogP contribution is 2.30. The van der Waals surface area contributed by atoms with Crippen LogP contribution in [0.1, 0.15) is 17.7 Å². The van der Waals surface area contributed by atoms with Gasteiger partial charge in [-0.15, -0.1) is 0 Å². The van der Waals surface area contributed by atoms with Crippen molar-refractivity contribution in [2.24, 2.45) is 0 Å². The van der Waals surface area contributed by atoms with Crippen LogP contribution in [0.15, 0.2) is 22.7 Å². The quantitative estimate of drug-likeness (QED) is 0.940. The molecule has 1 aliphatic heterocycles. The Kier molecular flexibility index (Phi) is 3.89. The van der Waals surface area contributed by atoms with Gasteiger partial charge in [-0.1, -0.05) is 5.16 Å². The van der Waals surface area contributed by atoms with E-state index in [9.17, 15) is 13.6 Å². The molecule has 0 radical (unpaired) electrons. The predicted molar refractivity (Wildman–Crippen MR) is 72.7 cm³/mol. The van der Waals surface area contributed by atoms with E-state index in [0.29, 0.717) is 35.5 Å². The molecule has 2 heterocycles. The molecule has 116 valence electrons. The SMILES string of the molecule is O=C(CCO)N1CCc2onc(-c3ccc(F)c(F)c3)c2C1. The molecule has 1 aliphatic rings. The summed E-state index contributed by atoms with van der Waals surface area (Å²) in [6, 6.07) is 3.51. The molecule has 0 saturated carbocycles. The largest absolute Gasteiger partial charge is 0.396 e. The normalized spacial score (nSPS) is 14.0. The van der Waals surface area contributed by atoms with Crippen molar-refractivity contribution in [3.8, 4) is 11.3 Å². The van der Waals surface area contributed by atoms with E-state index < -0.39 is 11.6 Å². The van der Waals surface area contributed by atoms with Gasteiger partial charge in [-0.2, -0.15) is 0 Å². The Morgan fingerprint density at radius 3 is 2.91 bits per heavy atom. The topological polar surface area (TPSA) is 66.6 Å². The first-order chi connectivity index (χ1) is 10.6. The summed E-state index contributed by atoms with van der Waals surface area (Å²) >= 11 is 0. The number of amides is 1. The molecule has 2 aromatic rings. The van der Waals surface area contributed by atoms with Gasteiger partial charge in [0.25, 0.3) is 0 Å². The lowest BCUT2D eigenvalue weighted by Crippen LogP contribution is -2.36. The number of hydrogen-bond donors (Lipinski definition) is 1. The minimum Gasteiger partial charge on any atom is -0.396 e. The Hall–Kier alpha value is -2.28. The lowest BCUT2D eigenvalue weighted by atomic mass is 10.0. The second kappa shape index (κ2) is 5.84. The van der Waals surface area contributed by atoms with Gasteiger partial charge in [0.2, 0.25) is 5.91 Å². The molecule has 1 aromatic carbocycles. The summed E-state index contributed by atoms with van der Waals surface area (Å²) in [6.45, 7) is 0.562. The molecular formula is C15H14F2N2O3. The van der Waals surface area contributed by atoms with Crippen LogP contribution in [0, 0.1) is 11.6 Å². The molecule has 0 atom stereocenters. The van der Waals surface area contributed by atoms with Gasteiger partial charge in [-0.05, 0) is 18.2 Å². The van der Waals surface area contributed by atoms with Crippen LogP contribution in [0.4, 0.5) is 8.78 Å². The molecule has 0 spiro atoms. The Morgan fingerprint density at radius 1 is 1.36 bits per heavy atom. The van der Waals surface area contributed by atoms with Gasteiger partial charge in [-0.3, -0.25) is 4.79 Å². The van der Waals surface area contributed by atoms with Crippen molar-refractivity contribution in [3.63, 3.8) is 0 Å². The highest BCUT2D eigenvalue weighted by atomic mass is 19.2. The molecule has 0 saturated heterocycles. The zero-order valence-electron chi connectivity index (χ0n) is 11.7. The van der Waals surface area contributed by atoms with Crippen molar-refractivity contribution in [1.29, 1.82) is 0 Å². The maximum Gasteiger partial charge on any atom is 0.225 e. The number of benzene rings is 1. The molecule has 1 N–H and O–H groups in total. The molecule has 22 heavy (non-hydrogen) atoms. The van der Waals surface area contributed by atoms with Crippen molar-refractivity contribution < 1.29 is 23.2 Å². The summed E-state index contributed by atoms with van der Waals surface area (Å²) in [6.07, 6.45) is 0.560. The second-order valence-electron chi connectivity index (χ2n) is 5.10. The van der Waals surface area contributed by atoms with Crippen molar-refractivity contribution >= 4 is 5.91 Å². The number of carbonyl (C=O) groups is 1. The number of aliphatic hydroxyl groups excluding tert-OH is 1. The molecule has 0 fully saturated rings. The second-order valence-corrected chi connectivity index (χ2v) is 5.10. The van der Waals surface area contributed by atoms with Gasteiger partial charge < -0.3 is 14.5 Å².